The number of amides is 1. The van der Waals surface area contributed by atoms with Crippen molar-refractivity contribution >= 4 is 17.5 Å². The van der Waals surface area contributed by atoms with Crippen LogP contribution in [0, 0.1) is 0 Å². The van der Waals surface area contributed by atoms with E-state index in [9.17, 15) is 4.79 Å². The molecule has 0 spiro atoms. The van der Waals surface area contributed by atoms with Gasteiger partial charge in [0, 0.05) is 13.1 Å². The molecule has 3 heterocycles. The minimum absolute atomic E-state index is 0.00577. The van der Waals surface area contributed by atoms with Crippen LogP contribution in [-0.4, -0.2) is 27.1 Å². The van der Waals surface area contributed by atoms with Crippen molar-refractivity contribution in [3.8, 4) is 0 Å². The van der Waals surface area contributed by atoms with Crippen LogP contribution in [0.2, 0.25) is 5.02 Å². The molecule has 0 bridgehead atoms. The standard InChI is InChI=1S/C14H16ClN3O2/c1-2-18-13(10(15)9-16-18)14(19)17-7-3-5-11(17)12-6-4-8-20-12/h4,6,8-9,11H,2-3,5,7H2,1H3. The van der Waals surface area contributed by atoms with E-state index < -0.39 is 0 Å². The summed E-state index contributed by atoms with van der Waals surface area (Å²) >= 11 is 6.12. The summed E-state index contributed by atoms with van der Waals surface area (Å²) in [5.74, 6) is 0.753. The van der Waals surface area contributed by atoms with Crippen LogP contribution in [0.5, 0.6) is 0 Å². The molecule has 0 aromatic carbocycles. The fourth-order valence-corrected chi connectivity index (χ4v) is 2.96. The summed E-state index contributed by atoms with van der Waals surface area (Å²) in [6, 6.07) is 3.75. The topological polar surface area (TPSA) is 51.3 Å². The molecule has 1 aliphatic rings. The number of aromatic nitrogens is 2. The number of likely N-dealkylation sites (tertiary alicyclic amines) is 1. The number of carbonyl (C=O) groups excluding carboxylic acids is 1. The number of furan rings is 1. The third kappa shape index (κ3) is 2.12. The van der Waals surface area contributed by atoms with Crippen LogP contribution in [0.15, 0.2) is 29.0 Å². The molecular weight excluding hydrogens is 278 g/mol. The zero-order valence-electron chi connectivity index (χ0n) is 11.3. The molecule has 6 heteroatoms. The number of hydrogen-bond acceptors (Lipinski definition) is 3. The molecule has 1 atom stereocenters. The Balaban J connectivity index is 1.91. The molecule has 20 heavy (non-hydrogen) atoms. The zero-order chi connectivity index (χ0) is 14.1. The Morgan fingerprint density at radius 3 is 3.15 bits per heavy atom. The lowest BCUT2D eigenvalue weighted by Gasteiger charge is -2.23. The first-order valence-corrected chi connectivity index (χ1v) is 7.16. The molecule has 2 aromatic rings. The van der Waals surface area contributed by atoms with Crippen molar-refractivity contribution < 1.29 is 9.21 Å². The normalized spacial score (nSPS) is 18.7. The fraction of sp³-hybridized carbons (Fsp3) is 0.429. The largest absolute Gasteiger partial charge is 0.467 e. The number of rotatable bonds is 3. The van der Waals surface area contributed by atoms with Crippen LogP contribution in [0.4, 0.5) is 0 Å². The molecule has 5 nitrogen and oxygen atoms in total. The van der Waals surface area contributed by atoms with E-state index in [1.54, 1.807) is 10.9 Å². The molecular formula is C14H16ClN3O2. The van der Waals surface area contributed by atoms with Gasteiger partial charge in [0.2, 0.25) is 0 Å². The van der Waals surface area contributed by atoms with Gasteiger partial charge in [-0.1, -0.05) is 11.6 Å². The molecule has 1 fully saturated rings. The van der Waals surface area contributed by atoms with Gasteiger partial charge in [0.25, 0.3) is 5.91 Å². The Bertz CT molecular complexity index is 606. The third-order valence-electron chi connectivity index (χ3n) is 3.68. The number of carbonyl (C=O) groups is 1. The second-order valence-electron chi connectivity index (χ2n) is 4.83. The molecule has 1 unspecified atom stereocenters. The van der Waals surface area contributed by atoms with Crippen LogP contribution in [-0.2, 0) is 6.54 Å². The van der Waals surface area contributed by atoms with Gasteiger partial charge >= 0.3 is 0 Å². The maximum Gasteiger partial charge on any atom is 0.274 e. The van der Waals surface area contributed by atoms with Crippen molar-refractivity contribution in [2.75, 3.05) is 6.54 Å². The van der Waals surface area contributed by atoms with Gasteiger partial charge < -0.3 is 9.32 Å². The number of aryl methyl sites for hydroxylation is 1. The van der Waals surface area contributed by atoms with Gasteiger partial charge in [0.15, 0.2) is 0 Å². The monoisotopic (exact) mass is 293 g/mol. The van der Waals surface area contributed by atoms with E-state index in [0.29, 0.717) is 17.3 Å². The fourth-order valence-electron chi connectivity index (χ4n) is 2.74. The first-order valence-electron chi connectivity index (χ1n) is 6.78. The highest BCUT2D eigenvalue weighted by Gasteiger charge is 2.34. The summed E-state index contributed by atoms with van der Waals surface area (Å²) < 4.78 is 7.09. The summed E-state index contributed by atoms with van der Waals surface area (Å²) in [5, 5.41) is 4.53. The molecule has 2 aromatic heterocycles. The highest BCUT2D eigenvalue weighted by atomic mass is 35.5. The molecule has 3 rings (SSSR count). The van der Waals surface area contributed by atoms with Gasteiger partial charge in [-0.3, -0.25) is 9.48 Å². The van der Waals surface area contributed by atoms with Crippen LogP contribution in [0.3, 0.4) is 0 Å². The predicted molar refractivity (Wildman–Crippen MR) is 74.6 cm³/mol. The molecule has 1 saturated heterocycles. The minimum atomic E-state index is -0.0757. The predicted octanol–water partition coefficient (Wildman–Crippen LogP) is 3.13. The number of halogens is 1. The molecule has 1 aliphatic heterocycles. The first-order chi connectivity index (χ1) is 9.72. The SMILES string of the molecule is CCn1ncc(Cl)c1C(=O)N1CCCC1c1ccco1. The van der Waals surface area contributed by atoms with E-state index >= 15 is 0 Å². The number of nitrogens with zero attached hydrogens (tertiary/aromatic N) is 3. The summed E-state index contributed by atoms with van der Waals surface area (Å²) in [6.07, 6.45) is 5.04. The van der Waals surface area contributed by atoms with Crippen LogP contribution in [0.25, 0.3) is 0 Å². The Morgan fingerprint density at radius 2 is 2.45 bits per heavy atom. The highest BCUT2D eigenvalue weighted by molar-refractivity contribution is 6.33. The molecule has 106 valence electrons. The second kappa shape index (κ2) is 5.32. The van der Waals surface area contributed by atoms with E-state index in [1.165, 1.54) is 6.20 Å². The molecule has 0 aliphatic carbocycles. The van der Waals surface area contributed by atoms with Crippen LogP contribution >= 0.6 is 11.6 Å². The first kappa shape index (κ1) is 13.2. The smallest absolute Gasteiger partial charge is 0.274 e. The van der Waals surface area contributed by atoms with Crippen molar-refractivity contribution in [3.05, 3.63) is 41.1 Å². The van der Waals surface area contributed by atoms with E-state index in [1.807, 2.05) is 24.0 Å². The maximum atomic E-state index is 12.8. The Kier molecular flexibility index (Phi) is 3.53. The van der Waals surface area contributed by atoms with Crippen molar-refractivity contribution in [3.63, 3.8) is 0 Å². The molecule has 0 radical (unpaired) electrons. The van der Waals surface area contributed by atoms with E-state index in [4.69, 9.17) is 16.0 Å². The Labute approximate surface area is 122 Å². The molecule has 0 N–H and O–H groups in total. The Morgan fingerprint density at radius 1 is 1.60 bits per heavy atom. The lowest BCUT2D eigenvalue weighted by molar-refractivity contribution is 0.0707. The van der Waals surface area contributed by atoms with Gasteiger partial charge in [-0.25, -0.2) is 0 Å². The lowest BCUT2D eigenvalue weighted by atomic mass is 10.1. The molecule has 1 amide bonds. The zero-order valence-corrected chi connectivity index (χ0v) is 12.0. The van der Waals surface area contributed by atoms with E-state index in [0.717, 1.165) is 25.1 Å². The average Bonchev–Trinajstić information content (AvgIpc) is 3.17. The molecule has 0 saturated carbocycles. The quantitative estimate of drug-likeness (QED) is 0.873. The summed E-state index contributed by atoms with van der Waals surface area (Å²) in [4.78, 5) is 14.6. The summed E-state index contributed by atoms with van der Waals surface area (Å²) in [5.41, 5.74) is 0.465. The van der Waals surface area contributed by atoms with Crippen molar-refractivity contribution in [1.82, 2.24) is 14.7 Å². The van der Waals surface area contributed by atoms with Crippen molar-refractivity contribution in [2.24, 2.45) is 0 Å². The summed E-state index contributed by atoms with van der Waals surface area (Å²) in [6.45, 7) is 3.27. The van der Waals surface area contributed by atoms with Gasteiger partial charge in [-0.15, -0.1) is 0 Å². The van der Waals surface area contributed by atoms with E-state index in [-0.39, 0.29) is 11.9 Å². The van der Waals surface area contributed by atoms with Crippen molar-refractivity contribution in [1.29, 1.82) is 0 Å². The van der Waals surface area contributed by atoms with Crippen LogP contribution < -0.4 is 0 Å². The van der Waals surface area contributed by atoms with Gasteiger partial charge in [-0.05, 0) is 31.9 Å². The van der Waals surface area contributed by atoms with Crippen LogP contribution in [0.1, 0.15) is 42.1 Å². The van der Waals surface area contributed by atoms with E-state index in [2.05, 4.69) is 5.10 Å². The van der Waals surface area contributed by atoms with Gasteiger partial charge in [0.05, 0.1) is 23.5 Å². The minimum Gasteiger partial charge on any atom is -0.467 e. The number of hydrogen-bond donors (Lipinski definition) is 0. The highest BCUT2D eigenvalue weighted by Crippen LogP contribution is 2.34. The van der Waals surface area contributed by atoms with Gasteiger partial charge in [0.1, 0.15) is 11.5 Å². The second-order valence-corrected chi connectivity index (χ2v) is 5.24. The maximum absolute atomic E-state index is 12.8. The average molecular weight is 294 g/mol. The van der Waals surface area contributed by atoms with Gasteiger partial charge in [-0.2, -0.15) is 5.10 Å². The third-order valence-corrected chi connectivity index (χ3v) is 3.96. The summed E-state index contributed by atoms with van der Waals surface area (Å²) in [7, 11) is 0. The Hall–Kier alpha value is -1.75. The van der Waals surface area contributed by atoms with Crippen molar-refractivity contribution in [2.45, 2.75) is 32.4 Å². The lowest BCUT2D eigenvalue weighted by Crippen LogP contribution is -2.32.